The van der Waals surface area contributed by atoms with Crippen molar-refractivity contribution in [1.29, 1.82) is 0 Å². The van der Waals surface area contributed by atoms with Crippen molar-refractivity contribution in [3.05, 3.63) is 21.7 Å². The minimum absolute atomic E-state index is 0.0589. The van der Waals surface area contributed by atoms with Gasteiger partial charge in [-0.3, -0.25) is 0 Å². The third kappa shape index (κ3) is 2.40. The number of H-pyrrole nitrogens is 1. The van der Waals surface area contributed by atoms with Crippen LogP contribution in [0.1, 0.15) is 23.2 Å². The summed E-state index contributed by atoms with van der Waals surface area (Å²) in [6.45, 7) is 2.12. The highest BCUT2D eigenvalue weighted by Crippen LogP contribution is 2.25. The molecule has 0 saturated carbocycles. The number of fused-ring (bicyclic) bond motifs is 1. The van der Waals surface area contributed by atoms with E-state index in [9.17, 15) is 0 Å². The molecule has 1 saturated heterocycles. The van der Waals surface area contributed by atoms with Gasteiger partial charge in [0.1, 0.15) is 16.6 Å². The molecular weight excluding hydrogens is 256 g/mol. The molecule has 2 aliphatic heterocycles. The van der Waals surface area contributed by atoms with E-state index in [0.717, 1.165) is 42.5 Å². The van der Waals surface area contributed by atoms with E-state index in [0.29, 0.717) is 11.2 Å². The second-order valence-corrected chi connectivity index (χ2v) is 5.66. The van der Waals surface area contributed by atoms with Gasteiger partial charge in [0.2, 0.25) is 0 Å². The Labute approximate surface area is 109 Å². The molecule has 4 nitrogen and oxygen atoms in total. The molecule has 2 aliphatic rings. The first-order chi connectivity index (χ1) is 8.34. The summed E-state index contributed by atoms with van der Waals surface area (Å²) in [6, 6.07) is 0. The van der Waals surface area contributed by atoms with E-state index in [4.69, 9.17) is 21.7 Å². The standard InChI is InChI=1S/C11H14N2O2S2/c16-11-7-5-14-2-1-8(7)12-10(13-11)9-6-17-4-3-15-9/h9H,1-6H2,(H,12,13,16). The molecule has 1 unspecified atom stereocenters. The number of rotatable bonds is 1. The van der Waals surface area contributed by atoms with E-state index < -0.39 is 0 Å². The molecule has 6 heteroatoms. The maximum Gasteiger partial charge on any atom is 0.138 e. The van der Waals surface area contributed by atoms with Crippen molar-refractivity contribution in [2.45, 2.75) is 19.1 Å². The normalized spacial score (nSPS) is 24.4. The highest BCUT2D eigenvalue weighted by atomic mass is 32.2. The first-order valence-corrected chi connectivity index (χ1v) is 7.30. The van der Waals surface area contributed by atoms with Crippen molar-refractivity contribution < 1.29 is 9.47 Å². The van der Waals surface area contributed by atoms with Crippen LogP contribution in [-0.4, -0.2) is 34.7 Å². The largest absolute Gasteiger partial charge is 0.376 e. The van der Waals surface area contributed by atoms with Gasteiger partial charge in [-0.15, -0.1) is 0 Å². The van der Waals surface area contributed by atoms with E-state index in [1.54, 1.807) is 0 Å². The van der Waals surface area contributed by atoms with E-state index in [-0.39, 0.29) is 6.10 Å². The maximum atomic E-state index is 5.72. The summed E-state index contributed by atoms with van der Waals surface area (Å²) in [5.41, 5.74) is 2.21. The fraction of sp³-hybridized carbons (Fsp3) is 0.636. The van der Waals surface area contributed by atoms with Crippen LogP contribution in [0.3, 0.4) is 0 Å². The van der Waals surface area contributed by atoms with Crippen LogP contribution in [0, 0.1) is 4.64 Å². The second-order valence-electron chi connectivity index (χ2n) is 4.12. The topological polar surface area (TPSA) is 47.1 Å². The Morgan fingerprint density at radius 2 is 2.35 bits per heavy atom. The molecule has 1 N–H and O–H groups in total. The highest BCUT2D eigenvalue weighted by molar-refractivity contribution is 7.99. The molecule has 1 atom stereocenters. The first kappa shape index (κ1) is 11.6. The molecule has 3 rings (SSSR count). The molecule has 1 aromatic rings. The van der Waals surface area contributed by atoms with Crippen LogP contribution in [-0.2, 0) is 22.5 Å². The summed E-state index contributed by atoms with van der Waals surface area (Å²) in [7, 11) is 0. The van der Waals surface area contributed by atoms with Crippen molar-refractivity contribution in [2.24, 2.45) is 0 Å². The van der Waals surface area contributed by atoms with Gasteiger partial charge in [0.05, 0.1) is 19.8 Å². The Hall–Kier alpha value is -0.430. The Balaban J connectivity index is 1.95. The molecule has 3 heterocycles. The van der Waals surface area contributed by atoms with Gasteiger partial charge in [-0.1, -0.05) is 12.2 Å². The summed E-state index contributed by atoms with van der Waals surface area (Å²) in [4.78, 5) is 7.83. The van der Waals surface area contributed by atoms with Gasteiger partial charge in [0.15, 0.2) is 0 Å². The Morgan fingerprint density at radius 3 is 3.18 bits per heavy atom. The van der Waals surface area contributed by atoms with Gasteiger partial charge >= 0.3 is 0 Å². The summed E-state index contributed by atoms with van der Waals surface area (Å²) in [5, 5.41) is 0. The first-order valence-electron chi connectivity index (χ1n) is 5.73. The predicted octanol–water partition coefficient (Wildman–Crippen LogP) is 2.02. The van der Waals surface area contributed by atoms with Crippen LogP contribution in [0.25, 0.3) is 0 Å². The van der Waals surface area contributed by atoms with Gasteiger partial charge in [0, 0.05) is 29.2 Å². The molecule has 0 bridgehead atoms. The molecule has 17 heavy (non-hydrogen) atoms. The average molecular weight is 270 g/mol. The third-order valence-electron chi connectivity index (χ3n) is 2.99. The minimum atomic E-state index is 0.0589. The Bertz CT molecular complexity index is 469. The number of thioether (sulfide) groups is 1. The number of aromatic amines is 1. The molecule has 0 aliphatic carbocycles. The van der Waals surface area contributed by atoms with Crippen LogP contribution >= 0.6 is 24.0 Å². The summed E-state index contributed by atoms with van der Waals surface area (Å²) < 4.78 is 11.8. The van der Waals surface area contributed by atoms with Crippen LogP contribution in [0.5, 0.6) is 0 Å². The lowest BCUT2D eigenvalue weighted by atomic mass is 10.1. The van der Waals surface area contributed by atoms with E-state index in [1.807, 2.05) is 11.8 Å². The molecule has 0 amide bonds. The molecule has 0 radical (unpaired) electrons. The van der Waals surface area contributed by atoms with E-state index in [1.165, 1.54) is 5.69 Å². The zero-order valence-electron chi connectivity index (χ0n) is 9.40. The number of nitrogens with zero attached hydrogens (tertiary/aromatic N) is 1. The number of nitrogens with one attached hydrogen (secondary N) is 1. The zero-order valence-corrected chi connectivity index (χ0v) is 11.0. The summed E-state index contributed by atoms with van der Waals surface area (Å²) in [5.74, 6) is 2.90. The highest BCUT2D eigenvalue weighted by Gasteiger charge is 2.21. The Morgan fingerprint density at radius 1 is 1.41 bits per heavy atom. The molecule has 1 fully saturated rings. The molecule has 0 spiro atoms. The number of aromatic nitrogens is 2. The van der Waals surface area contributed by atoms with Gasteiger partial charge in [-0.25, -0.2) is 4.98 Å². The molecule has 92 valence electrons. The molecular formula is C11H14N2O2S2. The fourth-order valence-electron chi connectivity index (χ4n) is 2.07. The number of hydrogen-bond donors (Lipinski definition) is 1. The van der Waals surface area contributed by atoms with E-state index >= 15 is 0 Å². The molecule has 0 aromatic carbocycles. The smallest absolute Gasteiger partial charge is 0.138 e. The second kappa shape index (κ2) is 5.06. The average Bonchev–Trinajstić information content (AvgIpc) is 2.40. The van der Waals surface area contributed by atoms with Crippen LogP contribution in [0.4, 0.5) is 0 Å². The lowest BCUT2D eigenvalue weighted by Gasteiger charge is -2.24. The van der Waals surface area contributed by atoms with Crippen molar-refractivity contribution in [3.63, 3.8) is 0 Å². The van der Waals surface area contributed by atoms with Gasteiger partial charge < -0.3 is 14.5 Å². The van der Waals surface area contributed by atoms with Crippen molar-refractivity contribution >= 4 is 24.0 Å². The van der Waals surface area contributed by atoms with Crippen molar-refractivity contribution in [1.82, 2.24) is 9.97 Å². The van der Waals surface area contributed by atoms with Crippen molar-refractivity contribution in [3.8, 4) is 0 Å². The fourth-order valence-corrected chi connectivity index (χ4v) is 3.20. The number of ether oxygens (including phenoxy) is 2. The minimum Gasteiger partial charge on any atom is -0.376 e. The quantitative estimate of drug-likeness (QED) is 0.791. The third-order valence-corrected chi connectivity index (χ3v) is 4.32. The Kier molecular flexibility index (Phi) is 3.46. The van der Waals surface area contributed by atoms with Gasteiger partial charge in [-0.05, 0) is 0 Å². The summed E-state index contributed by atoms with van der Waals surface area (Å²) >= 11 is 7.22. The molecule has 1 aromatic heterocycles. The zero-order chi connectivity index (χ0) is 11.7. The van der Waals surface area contributed by atoms with Crippen LogP contribution in [0.2, 0.25) is 0 Å². The van der Waals surface area contributed by atoms with Crippen LogP contribution < -0.4 is 0 Å². The van der Waals surface area contributed by atoms with Crippen LogP contribution in [0.15, 0.2) is 0 Å². The van der Waals surface area contributed by atoms with E-state index in [2.05, 4.69) is 9.97 Å². The maximum absolute atomic E-state index is 5.72. The lowest BCUT2D eigenvalue weighted by molar-refractivity contribution is 0.0678. The SMILES string of the molecule is S=c1nc(C2CSCCO2)[nH]c2c1COCC2. The summed E-state index contributed by atoms with van der Waals surface area (Å²) in [6.07, 6.45) is 0.942. The number of hydrogen-bond acceptors (Lipinski definition) is 5. The lowest BCUT2D eigenvalue weighted by Crippen LogP contribution is -2.21. The predicted molar refractivity (Wildman–Crippen MR) is 68.8 cm³/mol. The van der Waals surface area contributed by atoms with Gasteiger partial charge in [-0.2, -0.15) is 11.8 Å². The monoisotopic (exact) mass is 270 g/mol. The van der Waals surface area contributed by atoms with Crippen molar-refractivity contribution in [2.75, 3.05) is 24.7 Å². The van der Waals surface area contributed by atoms with Gasteiger partial charge in [0.25, 0.3) is 0 Å².